The number of morpholine rings is 1. The quantitative estimate of drug-likeness (QED) is 0.624. The Kier molecular flexibility index (Phi) is 4.56. The maximum Gasteiger partial charge on any atom is 0.266 e. The molecule has 2 aliphatic rings. The van der Waals surface area contributed by atoms with Gasteiger partial charge in [0, 0.05) is 31.3 Å². The molecule has 1 aromatic rings. The highest BCUT2D eigenvalue weighted by Crippen LogP contribution is 2.34. The van der Waals surface area contributed by atoms with Crippen molar-refractivity contribution in [3.63, 3.8) is 0 Å². The van der Waals surface area contributed by atoms with E-state index in [2.05, 4.69) is 4.90 Å². The monoisotopic (exact) mass is 338 g/mol. The van der Waals surface area contributed by atoms with Crippen molar-refractivity contribution < 1.29 is 13.9 Å². The normalized spacial score (nSPS) is 21.5. The van der Waals surface area contributed by atoms with Gasteiger partial charge in [0.15, 0.2) is 5.88 Å². The molecule has 3 heterocycles. The van der Waals surface area contributed by atoms with Gasteiger partial charge in [-0.15, -0.1) is 0 Å². The van der Waals surface area contributed by atoms with Gasteiger partial charge in [-0.2, -0.15) is 0 Å². The fraction of sp³-hybridized carbons (Fsp3) is 0.467. The molecule has 0 aromatic carbocycles. The predicted molar refractivity (Wildman–Crippen MR) is 91.9 cm³/mol. The number of anilines is 1. The van der Waals surface area contributed by atoms with Crippen LogP contribution in [0.3, 0.4) is 0 Å². The molecule has 5 nitrogen and oxygen atoms in total. The Morgan fingerprint density at radius 1 is 1.32 bits per heavy atom. The van der Waals surface area contributed by atoms with Crippen LogP contribution in [-0.2, 0) is 9.53 Å². The highest BCUT2D eigenvalue weighted by molar-refractivity contribution is 8.26. The molecule has 0 atom stereocenters. The van der Waals surface area contributed by atoms with Crippen molar-refractivity contribution >= 4 is 46.2 Å². The van der Waals surface area contributed by atoms with E-state index in [4.69, 9.17) is 21.4 Å². The lowest BCUT2D eigenvalue weighted by Gasteiger charge is -2.26. The van der Waals surface area contributed by atoms with Crippen LogP contribution in [0.5, 0.6) is 0 Å². The highest BCUT2D eigenvalue weighted by atomic mass is 32.2. The molecule has 0 radical (unpaired) electrons. The van der Waals surface area contributed by atoms with Gasteiger partial charge >= 0.3 is 0 Å². The van der Waals surface area contributed by atoms with Gasteiger partial charge in [-0.1, -0.05) is 24.0 Å². The molecule has 0 N–H and O–H groups in total. The standard InChI is InChI=1S/C15H18N2O3S2/c1-10(2)17-14(18)12(22-15(17)21)9-11-3-4-13(20-11)16-5-7-19-8-6-16/h3-4,9-10H,5-8H2,1-2H3/b12-9-. The molecule has 2 saturated heterocycles. The van der Waals surface area contributed by atoms with Crippen molar-refractivity contribution in [3.05, 3.63) is 22.8 Å². The summed E-state index contributed by atoms with van der Waals surface area (Å²) in [5.74, 6) is 1.44. The number of rotatable bonds is 3. The van der Waals surface area contributed by atoms with E-state index in [0.29, 0.717) is 28.2 Å². The maximum absolute atomic E-state index is 12.4. The lowest BCUT2D eigenvalue weighted by Crippen LogP contribution is -2.35. The molecule has 118 valence electrons. The van der Waals surface area contributed by atoms with Crippen molar-refractivity contribution in [2.45, 2.75) is 19.9 Å². The van der Waals surface area contributed by atoms with E-state index in [9.17, 15) is 4.79 Å². The number of hydrogen-bond acceptors (Lipinski definition) is 6. The molecular weight excluding hydrogens is 320 g/mol. The Labute approximate surface area is 139 Å². The summed E-state index contributed by atoms with van der Waals surface area (Å²) in [5, 5.41) is 0. The summed E-state index contributed by atoms with van der Waals surface area (Å²) < 4.78 is 11.8. The largest absolute Gasteiger partial charge is 0.441 e. The van der Waals surface area contributed by atoms with E-state index in [1.165, 1.54) is 11.8 Å². The van der Waals surface area contributed by atoms with E-state index in [1.54, 1.807) is 11.0 Å². The van der Waals surface area contributed by atoms with E-state index >= 15 is 0 Å². The van der Waals surface area contributed by atoms with Gasteiger partial charge < -0.3 is 14.1 Å². The molecule has 22 heavy (non-hydrogen) atoms. The van der Waals surface area contributed by atoms with Crippen molar-refractivity contribution in [2.24, 2.45) is 0 Å². The molecule has 1 aromatic heterocycles. The van der Waals surface area contributed by atoms with Gasteiger partial charge in [0.1, 0.15) is 10.1 Å². The van der Waals surface area contributed by atoms with Gasteiger partial charge in [0.05, 0.1) is 18.1 Å². The summed E-state index contributed by atoms with van der Waals surface area (Å²) in [7, 11) is 0. The SMILES string of the molecule is CC(C)N1C(=O)/C(=C/c2ccc(N3CCOCC3)o2)SC1=S. The van der Waals surface area contributed by atoms with Crippen LogP contribution in [0.1, 0.15) is 19.6 Å². The Balaban J connectivity index is 1.77. The second-order valence-corrected chi connectivity index (χ2v) is 7.10. The zero-order chi connectivity index (χ0) is 15.7. The van der Waals surface area contributed by atoms with Gasteiger partial charge in [-0.3, -0.25) is 9.69 Å². The van der Waals surface area contributed by atoms with Crippen molar-refractivity contribution in [1.82, 2.24) is 4.90 Å². The number of amides is 1. The molecule has 0 unspecified atom stereocenters. The number of carbonyl (C=O) groups is 1. The average Bonchev–Trinajstić information content (AvgIpc) is 3.06. The first kappa shape index (κ1) is 15.6. The predicted octanol–water partition coefficient (Wildman–Crippen LogP) is 2.73. The van der Waals surface area contributed by atoms with Crippen LogP contribution in [0.15, 0.2) is 21.5 Å². The van der Waals surface area contributed by atoms with Gasteiger partial charge in [-0.05, 0) is 19.9 Å². The van der Waals surface area contributed by atoms with E-state index < -0.39 is 0 Å². The fourth-order valence-corrected chi connectivity index (χ4v) is 3.93. The smallest absolute Gasteiger partial charge is 0.266 e. The van der Waals surface area contributed by atoms with E-state index in [-0.39, 0.29) is 11.9 Å². The molecule has 2 aliphatic heterocycles. The molecule has 2 fully saturated rings. The summed E-state index contributed by atoms with van der Waals surface area (Å²) in [6.07, 6.45) is 1.77. The summed E-state index contributed by atoms with van der Waals surface area (Å²) >= 11 is 6.59. The van der Waals surface area contributed by atoms with Gasteiger partial charge in [-0.25, -0.2) is 0 Å². The summed E-state index contributed by atoms with van der Waals surface area (Å²) in [5.41, 5.74) is 0. The van der Waals surface area contributed by atoms with Crippen LogP contribution in [0.25, 0.3) is 6.08 Å². The Morgan fingerprint density at radius 3 is 2.68 bits per heavy atom. The van der Waals surface area contributed by atoms with Crippen LogP contribution in [0.4, 0.5) is 5.88 Å². The number of thioether (sulfide) groups is 1. The highest BCUT2D eigenvalue weighted by Gasteiger charge is 2.34. The summed E-state index contributed by atoms with van der Waals surface area (Å²) in [6, 6.07) is 3.88. The number of carbonyl (C=O) groups excluding carboxylic acids is 1. The van der Waals surface area contributed by atoms with Gasteiger partial charge in [0.2, 0.25) is 0 Å². The third-order valence-corrected chi connectivity index (χ3v) is 4.88. The van der Waals surface area contributed by atoms with Gasteiger partial charge in [0.25, 0.3) is 5.91 Å². The minimum atomic E-state index is -0.0469. The third-order valence-electron chi connectivity index (χ3n) is 3.55. The van der Waals surface area contributed by atoms with Crippen LogP contribution >= 0.6 is 24.0 Å². The minimum Gasteiger partial charge on any atom is -0.441 e. The van der Waals surface area contributed by atoms with Crippen LogP contribution in [0, 0.1) is 0 Å². The van der Waals surface area contributed by atoms with Crippen molar-refractivity contribution in [2.75, 3.05) is 31.2 Å². The molecule has 7 heteroatoms. The summed E-state index contributed by atoms with van der Waals surface area (Å²) in [6.45, 7) is 6.98. The molecular formula is C15H18N2O3S2. The molecule has 1 amide bonds. The average molecular weight is 338 g/mol. The van der Waals surface area contributed by atoms with Crippen molar-refractivity contribution in [1.29, 1.82) is 0 Å². The molecule has 0 aliphatic carbocycles. The lowest BCUT2D eigenvalue weighted by molar-refractivity contribution is -0.123. The number of nitrogens with zero attached hydrogens (tertiary/aromatic N) is 2. The van der Waals surface area contributed by atoms with E-state index in [1.807, 2.05) is 26.0 Å². The molecule has 0 bridgehead atoms. The Morgan fingerprint density at radius 2 is 2.05 bits per heavy atom. The zero-order valence-corrected chi connectivity index (χ0v) is 14.2. The number of thiocarbonyl (C=S) groups is 1. The third kappa shape index (κ3) is 3.06. The van der Waals surface area contributed by atoms with Crippen LogP contribution in [0.2, 0.25) is 0 Å². The number of hydrogen-bond donors (Lipinski definition) is 0. The topological polar surface area (TPSA) is 45.9 Å². The second-order valence-electron chi connectivity index (χ2n) is 5.42. The van der Waals surface area contributed by atoms with Crippen molar-refractivity contribution in [3.8, 4) is 0 Å². The second kappa shape index (κ2) is 6.44. The first-order valence-corrected chi connectivity index (χ1v) is 8.48. The molecule has 0 saturated carbocycles. The number of ether oxygens (including phenoxy) is 1. The zero-order valence-electron chi connectivity index (χ0n) is 12.6. The minimum absolute atomic E-state index is 0.0469. The van der Waals surface area contributed by atoms with Crippen LogP contribution < -0.4 is 4.90 Å². The molecule has 0 spiro atoms. The lowest BCUT2D eigenvalue weighted by atomic mass is 10.3. The molecule has 3 rings (SSSR count). The Hall–Kier alpha value is -1.31. The first-order valence-electron chi connectivity index (χ1n) is 7.26. The number of furan rings is 1. The first-order chi connectivity index (χ1) is 10.6. The van der Waals surface area contributed by atoms with E-state index in [0.717, 1.165) is 19.0 Å². The fourth-order valence-electron chi connectivity index (χ4n) is 2.43. The van der Waals surface area contributed by atoms with Crippen LogP contribution in [-0.4, -0.2) is 47.5 Å². The Bertz CT molecular complexity index is 618. The summed E-state index contributed by atoms with van der Waals surface area (Å²) in [4.78, 5) is 16.7. The maximum atomic E-state index is 12.4.